The van der Waals surface area contributed by atoms with Crippen LogP contribution in [-0.4, -0.2) is 0 Å². The minimum Gasteiger partial charge on any atom is -0.117 e. The molecule has 0 radical (unpaired) electrons. The van der Waals surface area contributed by atoms with Crippen LogP contribution in [0.2, 0.25) is 0 Å². The molecule has 3 atom stereocenters. The van der Waals surface area contributed by atoms with Gasteiger partial charge in [0.25, 0.3) is 0 Å². The van der Waals surface area contributed by atoms with Gasteiger partial charge >= 0.3 is 0 Å². The maximum absolute atomic E-state index is 6.89. The van der Waals surface area contributed by atoms with Crippen molar-refractivity contribution in [2.75, 3.05) is 0 Å². The Balaban J connectivity index is 1.84. The number of benzene rings is 1. The van der Waals surface area contributed by atoms with Crippen LogP contribution in [0.3, 0.4) is 0 Å². The first-order valence-corrected chi connectivity index (χ1v) is 8.45. The minimum atomic E-state index is 0.259. The van der Waals surface area contributed by atoms with Gasteiger partial charge in [-0.15, -0.1) is 11.6 Å². The Hall–Kier alpha value is -0.490. The van der Waals surface area contributed by atoms with Crippen molar-refractivity contribution in [1.29, 1.82) is 0 Å². The molecule has 1 heteroatoms. The van der Waals surface area contributed by atoms with Gasteiger partial charge in [-0.25, -0.2) is 0 Å². The molecule has 2 aliphatic carbocycles. The van der Waals surface area contributed by atoms with E-state index in [4.69, 9.17) is 11.6 Å². The Morgan fingerprint density at radius 3 is 2.37 bits per heavy atom. The summed E-state index contributed by atoms with van der Waals surface area (Å²) in [4.78, 5) is 0. The molecule has 104 valence electrons. The fourth-order valence-corrected chi connectivity index (χ4v) is 4.71. The van der Waals surface area contributed by atoms with Gasteiger partial charge in [-0.1, -0.05) is 44.9 Å². The van der Waals surface area contributed by atoms with Crippen LogP contribution >= 0.6 is 11.6 Å². The van der Waals surface area contributed by atoms with Gasteiger partial charge in [-0.3, -0.25) is 0 Å². The van der Waals surface area contributed by atoms with E-state index in [-0.39, 0.29) is 5.38 Å². The van der Waals surface area contributed by atoms with Crippen LogP contribution in [0.4, 0.5) is 0 Å². The molecular formula is C18H25Cl. The molecule has 2 aliphatic rings. The molecule has 0 amide bonds. The highest BCUT2D eigenvalue weighted by atomic mass is 35.5. The summed E-state index contributed by atoms with van der Waals surface area (Å²) in [6.07, 6.45) is 7.91. The highest BCUT2D eigenvalue weighted by molar-refractivity contribution is 6.21. The fourth-order valence-electron chi connectivity index (χ4n) is 4.13. The predicted molar refractivity (Wildman–Crippen MR) is 82.7 cm³/mol. The largest absolute Gasteiger partial charge is 0.117 e. The first kappa shape index (κ1) is 13.5. The maximum Gasteiger partial charge on any atom is 0.0621 e. The van der Waals surface area contributed by atoms with Gasteiger partial charge in [-0.2, -0.15) is 0 Å². The highest BCUT2D eigenvalue weighted by Gasteiger charge is 2.54. The van der Waals surface area contributed by atoms with E-state index in [2.05, 4.69) is 32.0 Å². The summed E-state index contributed by atoms with van der Waals surface area (Å²) in [5, 5.41) is 0.259. The quantitative estimate of drug-likeness (QED) is 0.635. The molecule has 19 heavy (non-hydrogen) atoms. The van der Waals surface area contributed by atoms with Crippen LogP contribution in [0.1, 0.15) is 61.6 Å². The zero-order valence-electron chi connectivity index (χ0n) is 12.2. The van der Waals surface area contributed by atoms with E-state index in [1.54, 1.807) is 0 Å². The third-order valence-corrected chi connectivity index (χ3v) is 5.88. The number of halogens is 1. The molecule has 0 saturated heterocycles. The van der Waals surface area contributed by atoms with Crippen molar-refractivity contribution < 1.29 is 0 Å². The lowest BCUT2D eigenvalue weighted by atomic mass is 9.95. The van der Waals surface area contributed by atoms with Gasteiger partial charge in [0.2, 0.25) is 0 Å². The molecule has 0 heterocycles. The van der Waals surface area contributed by atoms with Crippen molar-refractivity contribution in [3.8, 4) is 0 Å². The SMILES string of the molecule is CCc1ccc(CC)c(C(Cl)C2C3CCCCC32)c1. The first-order valence-electron chi connectivity index (χ1n) is 8.02. The van der Waals surface area contributed by atoms with Crippen LogP contribution < -0.4 is 0 Å². The summed E-state index contributed by atoms with van der Waals surface area (Å²) in [5.74, 6) is 2.64. The summed E-state index contributed by atoms with van der Waals surface area (Å²) < 4.78 is 0. The number of fused-ring (bicyclic) bond motifs is 1. The minimum absolute atomic E-state index is 0.259. The lowest BCUT2D eigenvalue weighted by Crippen LogP contribution is -2.02. The first-order chi connectivity index (χ1) is 9.26. The van der Waals surface area contributed by atoms with Crippen LogP contribution in [0.15, 0.2) is 18.2 Å². The van der Waals surface area contributed by atoms with Crippen molar-refractivity contribution in [3.05, 3.63) is 34.9 Å². The van der Waals surface area contributed by atoms with Crippen LogP contribution in [0, 0.1) is 17.8 Å². The standard InChI is InChI=1S/C18H25Cl/c1-3-12-9-10-13(4-2)16(11-12)18(19)17-14-7-5-6-8-15(14)17/h9-11,14-15,17-18H,3-8H2,1-2H3. The van der Waals surface area contributed by atoms with Gasteiger partial charge in [0.1, 0.15) is 0 Å². The average Bonchev–Trinajstić information content (AvgIpc) is 3.20. The molecule has 3 rings (SSSR count). The molecule has 0 bridgehead atoms. The molecule has 0 aromatic heterocycles. The molecular weight excluding hydrogens is 252 g/mol. The summed E-state index contributed by atoms with van der Waals surface area (Å²) in [7, 11) is 0. The third kappa shape index (κ3) is 2.44. The van der Waals surface area contributed by atoms with E-state index in [1.807, 2.05) is 0 Å². The van der Waals surface area contributed by atoms with Crippen molar-refractivity contribution in [2.45, 2.75) is 57.7 Å². The zero-order valence-corrected chi connectivity index (χ0v) is 12.9. The Morgan fingerprint density at radius 2 is 1.79 bits per heavy atom. The fraction of sp³-hybridized carbons (Fsp3) is 0.667. The molecule has 0 aliphatic heterocycles. The van der Waals surface area contributed by atoms with Gasteiger partial charge in [0.05, 0.1) is 5.38 Å². The molecule has 2 fully saturated rings. The molecule has 0 N–H and O–H groups in total. The average molecular weight is 277 g/mol. The van der Waals surface area contributed by atoms with E-state index in [1.165, 1.54) is 42.4 Å². The molecule has 2 saturated carbocycles. The number of alkyl halides is 1. The summed E-state index contributed by atoms with van der Waals surface area (Å²) >= 11 is 6.89. The topological polar surface area (TPSA) is 0 Å². The van der Waals surface area contributed by atoms with Gasteiger partial charge in [-0.05, 0) is 60.1 Å². The molecule has 0 spiro atoms. The highest BCUT2D eigenvalue weighted by Crippen LogP contribution is 2.62. The smallest absolute Gasteiger partial charge is 0.0621 e. The molecule has 1 aromatic carbocycles. The molecule has 3 unspecified atom stereocenters. The number of aryl methyl sites for hydroxylation is 2. The number of rotatable bonds is 4. The Kier molecular flexibility index (Phi) is 3.89. The lowest BCUT2D eigenvalue weighted by molar-refractivity contribution is 0.480. The summed E-state index contributed by atoms with van der Waals surface area (Å²) in [6, 6.07) is 6.95. The van der Waals surface area contributed by atoms with Crippen molar-refractivity contribution in [1.82, 2.24) is 0 Å². The predicted octanol–water partition coefficient (Wildman–Crippen LogP) is 5.53. The Labute approximate surface area is 122 Å². The Bertz CT molecular complexity index is 439. The lowest BCUT2D eigenvalue weighted by Gasteiger charge is -2.16. The van der Waals surface area contributed by atoms with Crippen molar-refractivity contribution >= 4 is 11.6 Å². The second-order valence-electron chi connectivity index (χ2n) is 6.33. The van der Waals surface area contributed by atoms with E-state index in [9.17, 15) is 0 Å². The van der Waals surface area contributed by atoms with Crippen LogP contribution in [-0.2, 0) is 12.8 Å². The van der Waals surface area contributed by atoms with Gasteiger partial charge in [0.15, 0.2) is 0 Å². The van der Waals surface area contributed by atoms with Gasteiger partial charge < -0.3 is 0 Å². The zero-order chi connectivity index (χ0) is 13.4. The summed E-state index contributed by atoms with van der Waals surface area (Å²) in [5.41, 5.74) is 4.32. The third-order valence-electron chi connectivity index (χ3n) is 5.36. The number of hydrogen-bond donors (Lipinski definition) is 0. The summed E-state index contributed by atoms with van der Waals surface area (Å²) in [6.45, 7) is 4.47. The van der Waals surface area contributed by atoms with Gasteiger partial charge in [0, 0.05) is 0 Å². The Morgan fingerprint density at radius 1 is 1.11 bits per heavy atom. The molecule has 0 nitrogen and oxygen atoms in total. The van der Waals surface area contributed by atoms with Crippen molar-refractivity contribution in [3.63, 3.8) is 0 Å². The van der Waals surface area contributed by atoms with E-state index in [0.29, 0.717) is 0 Å². The van der Waals surface area contributed by atoms with Crippen LogP contribution in [0.5, 0.6) is 0 Å². The van der Waals surface area contributed by atoms with Crippen LogP contribution in [0.25, 0.3) is 0 Å². The normalized spacial score (nSPS) is 30.8. The van der Waals surface area contributed by atoms with E-state index >= 15 is 0 Å². The monoisotopic (exact) mass is 276 g/mol. The van der Waals surface area contributed by atoms with E-state index < -0.39 is 0 Å². The second kappa shape index (κ2) is 5.48. The number of hydrogen-bond acceptors (Lipinski definition) is 0. The molecule has 1 aromatic rings. The van der Waals surface area contributed by atoms with Crippen molar-refractivity contribution in [2.24, 2.45) is 17.8 Å². The maximum atomic E-state index is 6.89. The van der Waals surface area contributed by atoms with E-state index in [0.717, 1.165) is 30.6 Å². The second-order valence-corrected chi connectivity index (χ2v) is 6.80.